The van der Waals surface area contributed by atoms with Gasteiger partial charge in [0.25, 0.3) is 5.91 Å². The molecular formula is C24H26N2O4S. The first-order valence-electron chi connectivity index (χ1n) is 10.3. The Labute approximate surface area is 186 Å². The molecule has 0 bridgehead atoms. The SMILES string of the molecule is COc1ccc(CCNC(=O)c2ccc(OCc3nc(C4CC4)cs3)cc2)cc1OC. The van der Waals surface area contributed by atoms with Gasteiger partial charge in [-0.1, -0.05) is 6.07 Å². The summed E-state index contributed by atoms with van der Waals surface area (Å²) >= 11 is 1.64. The molecule has 3 aromatic rings. The molecule has 2 aromatic carbocycles. The number of amides is 1. The highest BCUT2D eigenvalue weighted by molar-refractivity contribution is 7.09. The number of aromatic nitrogens is 1. The molecule has 1 N–H and O–H groups in total. The van der Waals surface area contributed by atoms with Gasteiger partial charge in [-0.15, -0.1) is 11.3 Å². The third-order valence-electron chi connectivity index (χ3n) is 5.19. The number of carbonyl (C=O) groups excluding carboxylic acids is 1. The molecule has 162 valence electrons. The fourth-order valence-corrected chi connectivity index (χ4v) is 4.05. The summed E-state index contributed by atoms with van der Waals surface area (Å²) in [6, 6.07) is 12.9. The van der Waals surface area contributed by atoms with E-state index >= 15 is 0 Å². The van der Waals surface area contributed by atoms with Gasteiger partial charge in [0.05, 0.1) is 19.9 Å². The summed E-state index contributed by atoms with van der Waals surface area (Å²) in [6.07, 6.45) is 3.20. The van der Waals surface area contributed by atoms with Crippen LogP contribution in [0.25, 0.3) is 0 Å². The quantitative estimate of drug-likeness (QED) is 0.501. The predicted octanol–water partition coefficient (Wildman–Crippen LogP) is 4.59. The van der Waals surface area contributed by atoms with Crippen molar-refractivity contribution in [2.45, 2.75) is 31.8 Å². The minimum Gasteiger partial charge on any atom is -0.493 e. The summed E-state index contributed by atoms with van der Waals surface area (Å²) in [5, 5.41) is 6.07. The standard InChI is InChI=1S/C24H26N2O4S/c1-28-21-10-3-16(13-22(21)29-2)11-12-25-24(27)18-6-8-19(9-7-18)30-14-23-26-20(15-31-23)17-4-5-17/h3,6-10,13,15,17H,4-5,11-12,14H2,1-2H3,(H,25,27). The molecule has 0 saturated heterocycles. The Morgan fingerprint density at radius 2 is 1.87 bits per heavy atom. The summed E-state index contributed by atoms with van der Waals surface area (Å²) < 4.78 is 16.4. The maximum atomic E-state index is 12.4. The Morgan fingerprint density at radius 3 is 2.58 bits per heavy atom. The number of hydrogen-bond donors (Lipinski definition) is 1. The zero-order chi connectivity index (χ0) is 21.6. The molecule has 7 heteroatoms. The monoisotopic (exact) mass is 438 g/mol. The van der Waals surface area contributed by atoms with Crippen molar-refractivity contribution in [3.05, 3.63) is 69.7 Å². The molecule has 0 atom stereocenters. The van der Waals surface area contributed by atoms with Gasteiger partial charge >= 0.3 is 0 Å². The Bertz CT molecular complexity index is 1030. The minimum atomic E-state index is -0.110. The van der Waals surface area contributed by atoms with Crippen LogP contribution < -0.4 is 19.5 Å². The lowest BCUT2D eigenvalue weighted by Gasteiger charge is -2.10. The Morgan fingerprint density at radius 1 is 1.10 bits per heavy atom. The number of nitrogens with one attached hydrogen (secondary N) is 1. The lowest BCUT2D eigenvalue weighted by Crippen LogP contribution is -2.25. The second-order valence-corrected chi connectivity index (χ2v) is 8.39. The Balaban J connectivity index is 1.24. The van der Waals surface area contributed by atoms with Crippen LogP contribution in [-0.2, 0) is 13.0 Å². The average molecular weight is 439 g/mol. The molecule has 0 spiro atoms. The molecule has 0 aliphatic heterocycles. The molecule has 1 aliphatic carbocycles. The molecule has 0 radical (unpaired) electrons. The van der Waals surface area contributed by atoms with Crippen molar-refractivity contribution in [1.29, 1.82) is 0 Å². The van der Waals surface area contributed by atoms with Gasteiger partial charge in [0.2, 0.25) is 0 Å². The van der Waals surface area contributed by atoms with E-state index in [1.54, 1.807) is 37.7 Å². The maximum Gasteiger partial charge on any atom is 0.251 e. The molecule has 1 aliphatic rings. The number of thiazole rings is 1. The van der Waals surface area contributed by atoms with Crippen molar-refractivity contribution in [2.24, 2.45) is 0 Å². The molecule has 1 heterocycles. The van der Waals surface area contributed by atoms with Crippen LogP contribution in [0.4, 0.5) is 0 Å². The maximum absolute atomic E-state index is 12.4. The Hall–Kier alpha value is -3.06. The van der Waals surface area contributed by atoms with Crippen LogP contribution in [0.2, 0.25) is 0 Å². The topological polar surface area (TPSA) is 69.7 Å². The van der Waals surface area contributed by atoms with Crippen molar-refractivity contribution in [1.82, 2.24) is 10.3 Å². The van der Waals surface area contributed by atoms with E-state index < -0.39 is 0 Å². The van der Waals surface area contributed by atoms with Crippen molar-refractivity contribution >= 4 is 17.2 Å². The second-order valence-electron chi connectivity index (χ2n) is 7.45. The first-order valence-corrected chi connectivity index (χ1v) is 11.2. The van der Waals surface area contributed by atoms with Crippen LogP contribution in [0, 0.1) is 0 Å². The number of ether oxygens (including phenoxy) is 3. The van der Waals surface area contributed by atoms with Gasteiger partial charge in [-0.2, -0.15) is 0 Å². The van der Waals surface area contributed by atoms with E-state index in [2.05, 4.69) is 15.7 Å². The van der Waals surface area contributed by atoms with Crippen molar-refractivity contribution in [3.63, 3.8) is 0 Å². The number of carbonyl (C=O) groups is 1. The lowest BCUT2D eigenvalue weighted by atomic mass is 10.1. The van der Waals surface area contributed by atoms with E-state index in [-0.39, 0.29) is 5.91 Å². The van der Waals surface area contributed by atoms with Crippen molar-refractivity contribution < 1.29 is 19.0 Å². The predicted molar refractivity (Wildman–Crippen MR) is 120 cm³/mol. The van der Waals surface area contributed by atoms with E-state index in [1.165, 1.54) is 18.5 Å². The molecule has 1 saturated carbocycles. The first kappa shape index (κ1) is 21.2. The van der Waals surface area contributed by atoms with Gasteiger partial charge in [-0.25, -0.2) is 4.98 Å². The fourth-order valence-electron chi connectivity index (χ4n) is 3.26. The van der Waals surface area contributed by atoms with Gasteiger partial charge in [0.15, 0.2) is 11.5 Å². The number of rotatable bonds is 10. The molecule has 31 heavy (non-hydrogen) atoms. The summed E-state index contributed by atoms with van der Waals surface area (Å²) in [7, 11) is 3.22. The highest BCUT2D eigenvalue weighted by Gasteiger charge is 2.26. The summed E-state index contributed by atoms with van der Waals surface area (Å²) in [5.74, 6) is 2.65. The zero-order valence-corrected chi connectivity index (χ0v) is 18.5. The summed E-state index contributed by atoms with van der Waals surface area (Å²) in [4.78, 5) is 17.0. The third kappa shape index (κ3) is 5.55. The molecule has 1 amide bonds. The molecular weight excluding hydrogens is 412 g/mol. The zero-order valence-electron chi connectivity index (χ0n) is 17.7. The van der Waals surface area contributed by atoms with Crippen LogP contribution in [0.1, 0.15) is 45.4 Å². The molecule has 6 nitrogen and oxygen atoms in total. The highest BCUT2D eigenvalue weighted by Crippen LogP contribution is 2.40. The van der Waals surface area contributed by atoms with Crippen LogP contribution in [0.3, 0.4) is 0 Å². The van der Waals surface area contributed by atoms with Crippen molar-refractivity contribution in [2.75, 3.05) is 20.8 Å². The fraction of sp³-hybridized carbons (Fsp3) is 0.333. The van der Waals surface area contributed by atoms with Crippen molar-refractivity contribution in [3.8, 4) is 17.2 Å². The number of methoxy groups -OCH3 is 2. The molecule has 0 unspecified atom stereocenters. The smallest absolute Gasteiger partial charge is 0.251 e. The van der Waals surface area contributed by atoms with Gasteiger partial charge in [0, 0.05) is 23.4 Å². The van der Waals surface area contributed by atoms with Gasteiger partial charge in [-0.05, 0) is 61.2 Å². The normalized spacial score (nSPS) is 13.0. The van der Waals surface area contributed by atoms with E-state index in [0.29, 0.717) is 42.6 Å². The number of nitrogens with zero attached hydrogens (tertiary/aromatic N) is 1. The van der Waals surface area contributed by atoms with Crippen LogP contribution >= 0.6 is 11.3 Å². The molecule has 4 rings (SSSR count). The Kier molecular flexibility index (Phi) is 6.72. The number of hydrogen-bond acceptors (Lipinski definition) is 6. The van der Waals surface area contributed by atoms with Crippen LogP contribution in [-0.4, -0.2) is 31.7 Å². The van der Waals surface area contributed by atoms with Crippen LogP contribution in [0.15, 0.2) is 47.8 Å². The minimum absolute atomic E-state index is 0.110. The number of benzene rings is 2. The van der Waals surface area contributed by atoms with Gasteiger partial charge in [0.1, 0.15) is 17.4 Å². The molecule has 1 fully saturated rings. The summed E-state index contributed by atoms with van der Waals surface area (Å²) in [6.45, 7) is 0.980. The van der Waals surface area contributed by atoms with E-state index in [9.17, 15) is 4.79 Å². The van der Waals surface area contributed by atoms with Crippen LogP contribution in [0.5, 0.6) is 17.2 Å². The first-order chi connectivity index (χ1) is 15.2. The largest absolute Gasteiger partial charge is 0.493 e. The van der Waals surface area contributed by atoms with E-state index in [0.717, 1.165) is 16.3 Å². The van der Waals surface area contributed by atoms with E-state index in [4.69, 9.17) is 14.2 Å². The highest BCUT2D eigenvalue weighted by atomic mass is 32.1. The molecule has 1 aromatic heterocycles. The average Bonchev–Trinajstić information content (AvgIpc) is 3.55. The summed E-state index contributed by atoms with van der Waals surface area (Å²) in [5.41, 5.74) is 2.86. The second kappa shape index (κ2) is 9.83. The van der Waals surface area contributed by atoms with E-state index in [1.807, 2.05) is 30.3 Å². The third-order valence-corrected chi connectivity index (χ3v) is 6.03. The van der Waals surface area contributed by atoms with Gasteiger partial charge in [-0.3, -0.25) is 4.79 Å². The lowest BCUT2D eigenvalue weighted by molar-refractivity contribution is 0.0954. The van der Waals surface area contributed by atoms with Gasteiger partial charge < -0.3 is 19.5 Å².